The second kappa shape index (κ2) is 9.63. The van der Waals surface area contributed by atoms with Crippen molar-refractivity contribution in [2.75, 3.05) is 18.5 Å². The quantitative estimate of drug-likeness (QED) is 0.329. The third-order valence-electron chi connectivity index (χ3n) is 7.09. The molecule has 1 aliphatic carbocycles. The lowest BCUT2D eigenvalue weighted by molar-refractivity contribution is -0.140. The molecule has 1 aromatic heterocycles. The zero-order chi connectivity index (χ0) is 25.3. The number of aromatic nitrogens is 1. The molecule has 4 aromatic rings. The van der Waals surface area contributed by atoms with Gasteiger partial charge in [-0.2, -0.15) is 0 Å². The number of hydrogen-bond donors (Lipinski definition) is 2. The number of likely N-dealkylation sites (N-methyl/N-ethyl adjacent to an activating group) is 1. The summed E-state index contributed by atoms with van der Waals surface area (Å²) in [5.41, 5.74) is 5.88. The van der Waals surface area contributed by atoms with E-state index in [2.05, 4.69) is 5.16 Å². The summed E-state index contributed by atoms with van der Waals surface area (Å²) >= 11 is 0. The van der Waals surface area contributed by atoms with Gasteiger partial charge in [0.1, 0.15) is 11.4 Å². The van der Waals surface area contributed by atoms with E-state index in [0.717, 1.165) is 39.2 Å². The molecular formula is C30H30N2O4. The van der Waals surface area contributed by atoms with E-state index in [1.807, 2.05) is 97.7 Å². The van der Waals surface area contributed by atoms with Crippen molar-refractivity contribution >= 4 is 11.7 Å². The van der Waals surface area contributed by atoms with Crippen molar-refractivity contribution in [3.63, 3.8) is 0 Å². The fourth-order valence-electron chi connectivity index (χ4n) is 4.91. The number of rotatable bonds is 9. The summed E-state index contributed by atoms with van der Waals surface area (Å²) in [6.07, 6.45) is 1.45. The lowest BCUT2D eigenvalue weighted by atomic mass is 9.93. The average Bonchev–Trinajstić information content (AvgIpc) is 3.61. The summed E-state index contributed by atoms with van der Waals surface area (Å²) in [6, 6.07) is 25.8. The number of hydrogen-bond acceptors (Lipinski definition) is 5. The van der Waals surface area contributed by atoms with E-state index in [1.54, 1.807) is 0 Å². The first-order chi connectivity index (χ1) is 17.4. The highest BCUT2D eigenvalue weighted by molar-refractivity contribution is 5.85. The summed E-state index contributed by atoms with van der Waals surface area (Å²) in [4.78, 5) is 13.6. The Hall–Kier alpha value is -3.90. The van der Waals surface area contributed by atoms with Crippen molar-refractivity contribution in [2.24, 2.45) is 0 Å². The number of aliphatic carboxylic acids is 1. The molecule has 0 spiro atoms. The van der Waals surface area contributed by atoms with Crippen LogP contribution in [0.2, 0.25) is 0 Å². The third kappa shape index (κ3) is 4.64. The fourth-order valence-corrected chi connectivity index (χ4v) is 4.91. The van der Waals surface area contributed by atoms with Crippen molar-refractivity contribution in [3.8, 4) is 22.5 Å². The normalized spacial score (nSPS) is 14.9. The molecule has 1 fully saturated rings. The molecule has 2 N–H and O–H groups in total. The molecule has 1 aliphatic rings. The van der Waals surface area contributed by atoms with E-state index >= 15 is 0 Å². The molecule has 0 amide bonds. The van der Waals surface area contributed by atoms with E-state index in [-0.39, 0.29) is 0 Å². The molecule has 0 saturated heterocycles. The summed E-state index contributed by atoms with van der Waals surface area (Å²) in [7, 11) is 1.94. The van der Waals surface area contributed by atoms with E-state index < -0.39 is 17.5 Å². The molecular weight excluding hydrogens is 452 g/mol. The molecule has 1 atom stereocenters. The number of carboxylic acid groups (broad SMARTS) is 1. The summed E-state index contributed by atoms with van der Waals surface area (Å²) in [5, 5.41) is 24.4. The van der Waals surface area contributed by atoms with Crippen LogP contribution in [0.4, 0.5) is 5.69 Å². The van der Waals surface area contributed by atoms with Crippen molar-refractivity contribution in [3.05, 3.63) is 95.7 Å². The number of carboxylic acids is 1. The van der Waals surface area contributed by atoms with Gasteiger partial charge in [0.05, 0.1) is 11.5 Å². The van der Waals surface area contributed by atoms with Crippen LogP contribution in [0.5, 0.6) is 0 Å². The van der Waals surface area contributed by atoms with Crippen LogP contribution in [0.1, 0.15) is 29.7 Å². The lowest BCUT2D eigenvalue weighted by Crippen LogP contribution is -2.30. The van der Waals surface area contributed by atoms with Crippen molar-refractivity contribution in [1.29, 1.82) is 0 Å². The number of aliphatic hydroxyl groups excluding tert-OH is 1. The summed E-state index contributed by atoms with van der Waals surface area (Å²) in [5.74, 6) is -0.0729. The fraction of sp³-hybridized carbons (Fsp3) is 0.267. The molecule has 184 valence electrons. The van der Waals surface area contributed by atoms with Gasteiger partial charge in [-0.3, -0.25) is 4.79 Å². The van der Waals surface area contributed by atoms with E-state index in [0.29, 0.717) is 31.6 Å². The molecule has 36 heavy (non-hydrogen) atoms. The van der Waals surface area contributed by atoms with Crippen LogP contribution in [0, 0.1) is 6.92 Å². The Kier molecular flexibility index (Phi) is 6.37. The monoisotopic (exact) mass is 482 g/mol. The highest BCUT2D eigenvalue weighted by Gasteiger charge is 2.51. The van der Waals surface area contributed by atoms with E-state index in [4.69, 9.17) is 4.52 Å². The molecule has 0 radical (unpaired) electrons. The topological polar surface area (TPSA) is 86.8 Å². The molecule has 1 unspecified atom stereocenters. The SMILES string of the molecule is Cc1noc(-c2ccc(-c3ccc(C4(C(=O)O)CC4)cc3)cc2)c1N(C)CC(O)Cc1ccccc1. The van der Waals surface area contributed by atoms with Gasteiger partial charge in [-0.1, -0.05) is 84.0 Å². The van der Waals surface area contributed by atoms with Gasteiger partial charge in [-0.25, -0.2) is 0 Å². The zero-order valence-corrected chi connectivity index (χ0v) is 20.5. The highest BCUT2D eigenvalue weighted by atomic mass is 16.5. The van der Waals surface area contributed by atoms with Crippen LogP contribution in [-0.2, 0) is 16.6 Å². The number of anilines is 1. The van der Waals surface area contributed by atoms with Crippen LogP contribution in [0.25, 0.3) is 22.5 Å². The van der Waals surface area contributed by atoms with E-state index in [9.17, 15) is 15.0 Å². The summed E-state index contributed by atoms with van der Waals surface area (Å²) < 4.78 is 5.70. The second-order valence-corrected chi connectivity index (χ2v) is 9.71. The maximum Gasteiger partial charge on any atom is 0.314 e. The van der Waals surface area contributed by atoms with Crippen molar-refractivity contribution < 1.29 is 19.5 Å². The van der Waals surface area contributed by atoms with Crippen LogP contribution >= 0.6 is 0 Å². The van der Waals surface area contributed by atoms with Crippen LogP contribution in [0.3, 0.4) is 0 Å². The number of carbonyl (C=O) groups is 1. The Morgan fingerprint density at radius 3 is 2.14 bits per heavy atom. The Bertz CT molecular complexity index is 1340. The van der Waals surface area contributed by atoms with Crippen LogP contribution in [0.15, 0.2) is 83.4 Å². The third-order valence-corrected chi connectivity index (χ3v) is 7.09. The largest absolute Gasteiger partial charge is 0.481 e. The van der Waals surface area contributed by atoms with Gasteiger partial charge >= 0.3 is 5.97 Å². The minimum Gasteiger partial charge on any atom is -0.481 e. The van der Waals surface area contributed by atoms with Crippen molar-refractivity contribution in [2.45, 2.75) is 37.7 Å². The number of benzene rings is 3. The smallest absolute Gasteiger partial charge is 0.314 e. The van der Waals surface area contributed by atoms with Gasteiger partial charge in [-0.05, 0) is 42.0 Å². The maximum absolute atomic E-state index is 11.6. The standard InChI is InChI=1S/C30H30N2O4/c1-20-27(32(2)19-26(33)18-21-6-4-3-5-7-21)28(36-31-20)24-10-8-22(9-11-24)23-12-14-25(15-13-23)30(16-17-30)29(34)35/h3-15,26,33H,16-19H2,1-2H3,(H,34,35). The van der Waals surface area contributed by atoms with Gasteiger partial charge in [0, 0.05) is 25.6 Å². The lowest BCUT2D eigenvalue weighted by Gasteiger charge is -2.23. The molecule has 6 heteroatoms. The summed E-state index contributed by atoms with van der Waals surface area (Å²) in [6.45, 7) is 2.36. The second-order valence-electron chi connectivity index (χ2n) is 9.71. The van der Waals surface area contributed by atoms with Gasteiger partial charge in [0.15, 0.2) is 5.76 Å². The first kappa shape index (κ1) is 23.8. The Balaban J connectivity index is 1.31. The minimum absolute atomic E-state index is 0.451. The maximum atomic E-state index is 11.6. The molecule has 1 heterocycles. The van der Waals surface area contributed by atoms with Crippen LogP contribution in [-0.4, -0.2) is 41.0 Å². The molecule has 0 aliphatic heterocycles. The molecule has 3 aromatic carbocycles. The Morgan fingerprint density at radius 1 is 0.972 bits per heavy atom. The molecule has 1 saturated carbocycles. The van der Waals surface area contributed by atoms with E-state index in [1.165, 1.54) is 0 Å². The predicted octanol–water partition coefficient (Wildman–Crippen LogP) is 5.47. The predicted molar refractivity (Wildman–Crippen MR) is 140 cm³/mol. The van der Waals surface area contributed by atoms with Crippen LogP contribution < -0.4 is 4.90 Å². The first-order valence-electron chi connectivity index (χ1n) is 12.2. The highest BCUT2D eigenvalue weighted by Crippen LogP contribution is 2.48. The first-order valence-corrected chi connectivity index (χ1v) is 12.2. The van der Waals surface area contributed by atoms with Crippen molar-refractivity contribution in [1.82, 2.24) is 5.16 Å². The molecule has 6 nitrogen and oxygen atoms in total. The minimum atomic E-state index is -0.740. The molecule has 0 bridgehead atoms. The van der Waals surface area contributed by atoms with Gasteiger partial charge < -0.3 is 19.6 Å². The number of nitrogens with zero attached hydrogens (tertiary/aromatic N) is 2. The Morgan fingerprint density at radius 2 is 1.56 bits per heavy atom. The number of aliphatic hydroxyl groups is 1. The Labute approximate surface area is 210 Å². The van der Waals surface area contributed by atoms with Gasteiger partial charge in [-0.15, -0.1) is 0 Å². The van der Waals surface area contributed by atoms with Gasteiger partial charge in [0.25, 0.3) is 0 Å². The average molecular weight is 483 g/mol. The number of aryl methyl sites for hydroxylation is 1. The molecule has 5 rings (SSSR count). The van der Waals surface area contributed by atoms with Gasteiger partial charge in [0.2, 0.25) is 0 Å². The zero-order valence-electron chi connectivity index (χ0n) is 20.5.